The SMILES string of the molecule is Cc1cccc2nc3n(c(=O)c12)Cc1ccccc1-3. The molecule has 2 heterocycles. The molecule has 0 aliphatic carbocycles. The predicted molar refractivity (Wildman–Crippen MR) is 75.3 cm³/mol. The van der Waals surface area contributed by atoms with E-state index in [2.05, 4.69) is 11.1 Å². The molecular weight excluding hydrogens is 236 g/mol. The quantitative estimate of drug-likeness (QED) is 0.479. The van der Waals surface area contributed by atoms with Crippen molar-refractivity contribution in [3.05, 3.63) is 63.9 Å². The fourth-order valence-corrected chi connectivity index (χ4v) is 2.83. The van der Waals surface area contributed by atoms with Crippen molar-refractivity contribution in [3.63, 3.8) is 0 Å². The molecule has 0 unspecified atom stereocenters. The summed E-state index contributed by atoms with van der Waals surface area (Å²) in [5.41, 5.74) is 4.08. The molecule has 3 heteroatoms. The Bertz CT molecular complexity index is 878. The maximum absolute atomic E-state index is 12.6. The van der Waals surface area contributed by atoms with Crippen LogP contribution < -0.4 is 5.56 Å². The third kappa shape index (κ3) is 1.32. The maximum atomic E-state index is 12.6. The first-order valence-corrected chi connectivity index (χ1v) is 6.34. The highest BCUT2D eigenvalue weighted by Gasteiger charge is 2.22. The second-order valence-electron chi connectivity index (χ2n) is 4.95. The molecule has 0 atom stereocenters. The number of hydrogen-bond acceptors (Lipinski definition) is 2. The molecule has 0 fully saturated rings. The molecule has 0 saturated carbocycles. The highest BCUT2D eigenvalue weighted by molar-refractivity contribution is 5.83. The van der Waals surface area contributed by atoms with Gasteiger partial charge in [-0.15, -0.1) is 0 Å². The second-order valence-corrected chi connectivity index (χ2v) is 4.95. The minimum absolute atomic E-state index is 0.0642. The molecule has 3 aromatic rings. The van der Waals surface area contributed by atoms with Crippen molar-refractivity contribution in [3.8, 4) is 11.4 Å². The van der Waals surface area contributed by atoms with Gasteiger partial charge in [0.15, 0.2) is 0 Å². The largest absolute Gasteiger partial charge is 0.288 e. The summed E-state index contributed by atoms with van der Waals surface area (Å²) < 4.78 is 1.78. The Morgan fingerprint density at radius 2 is 1.95 bits per heavy atom. The molecule has 0 spiro atoms. The van der Waals surface area contributed by atoms with E-state index < -0.39 is 0 Å². The topological polar surface area (TPSA) is 34.9 Å². The van der Waals surface area contributed by atoms with Crippen LogP contribution in [0.4, 0.5) is 0 Å². The molecule has 92 valence electrons. The Morgan fingerprint density at radius 3 is 2.84 bits per heavy atom. The van der Waals surface area contributed by atoms with Gasteiger partial charge >= 0.3 is 0 Å². The minimum Gasteiger partial charge on any atom is -0.288 e. The lowest BCUT2D eigenvalue weighted by Crippen LogP contribution is -2.20. The molecule has 4 rings (SSSR count). The van der Waals surface area contributed by atoms with Crippen molar-refractivity contribution in [1.82, 2.24) is 9.55 Å². The van der Waals surface area contributed by atoms with Crippen LogP contribution in [0.25, 0.3) is 22.3 Å². The zero-order valence-electron chi connectivity index (χ0n) is 10.6. The second kappa shape index (κ2) is 3.54. The summed E-state index contributed by atoms with van der Waals surface area (Å²) in [6, 6.07) is 13.9. The van der Waals surface area contributed by atoms with Crippen molar-refractivity contribution >= 4 is 10.9 Å². The van der Waals surface area contributed by atoms with Crippen molar-refractivity contribution in [2.24, 2.45) is 0 Å². The number of fused-ring (bicyclic) bond motifs is 4. The summed E-state index contributed by atoms with van der Waals surface area (Å²) in [5, 5.41) is 0.735. The summed E-state index contributed by atoms with van der Waals surface area (Å²) in [4.78, 5) is 17.3. The van der Waals surface area contributed by atoms with Crippen LogP contribution in [0.3, 0.4) is 0 Å². The van der Waals surface area contributed by atoms with Gasteiger partial charge in [0.25, 0.3) is 5.56 Å². The highest BCUT2D eigenvalue weighted by atomic mass is 16.1. The molecule has 0 N–H and O–H groups in total. The minimum atomic E-state index is 0.0642. The van der Waals surface area contributed by atoms with Crippen molar-refractivity contribution < 1.29 is 0 Å². The van der Waals surface area contributed by atoms with Gasteiger partial charge in [-0.3, -0.25) is 9.36 Å². The molecule has 1 aromatic heterocycles. The van der Waals surface area contributed by atoms with Crippen LogP contribution in [0.15, 0.2) is 47.3 Å². The van der Waals surface area contributed by atoms with Crippen LogP contribution in [-0.2, 0) is 6.54 Å². The fourth-order valence-electron chi connectivity index (χ4n) is 2.83. The Labute approximate surface area is 110 Å². The standard InChI is InChI=1S/C16H12N2O/c1-10-5-4-8-13-14(10)16(19)18-9-11-6-2-3-7-12(11)15(18)17-13/h2-8H,9H2,1H3. The normalized spacial score (nSPS) is 12.5. The first kappa shape index (κ1) is 10.5. The van der Waals surface area contributed by atoms with E-state index in [1.807, 2.05) is 43.3 Å². The third-order valence-electron chi connectivity index (χ3n) is 3.78. The number of hydrogen-bond donors (Lipinski definition) is 0. The third-order valence-corrected chi connectivity index (χ3v) is 3.78. The number of nitrogens with zero attached hydrogens (tertiary/aromatic N) is 2. The van der Waals surface area contributed by atoms with Crippen molar-refractivity contribution in [2.75, 3.05) is 0 Å². The Kier molecular flexibility index (Phi) is 1.96. The monoisotopic (exact) mass is 248 g/mol. The van der Waals surface area contributed by atoms with Gasteiger partial charge in [-0.05, 0) is 24.1 Å². The zero-order valence-corrected chi connectivity index (χ0v) is 10.6. The van der Waals surface area contributed by atoms with E-state index in [-0.39, 0.29) is 5.56 Å². The lowest BCUT2D eigenvalue weighted by molar-refractivity contribution is 0.796. The molecule has 3 nitrogen and oxygen atoms in total. The van der Waals surface area contributed by atoms with Gasteiger partial charge < -0.3 is 0 Å². The van der Waals surface area contributed by atoms with Gasteiger partial charge in [-0.25, -0.2) is 4.98 Å². The number of rotatable bonds is 0. The molecule has 0 amide bonds. The van der Waals surface area contributed by atoms with Gasteiger partial charge in [0.1, 0.15) is 5.82 Å². The van der Waals surface area contributed by atoms with Crippen LogP contribution in [0.5, 0.6) is 0 Å². The van der Waals surface area contributed by atoms with Crippen LogP contribution in [0, 0.1) is 6.92 Å². The van der Waals surface area contributed by atoms with E-state index in [9.17, 15) is 4.79 Å². The lowest BCUT2D eigenvalue weighted by atomic mass is 10.1. The number of aromatic nitrogens is 2. The van der Waals surface area contributed by atoms with E-state index in [1.165, 1.54) is 5.56 Å². The van der Waals surface area contributed by atoms with Gasteiger partial charge in [0, 0.05) is 5.56 Å². The van der Waals surface area contributed by atoms with Crippen LogP contribution in [0.2, 0.25) is 0 Å². The molecule has 1 aliphatic heterocycles. The van der Waals surface area contributed by atoms with E-state index >= 15 is 0 Å². The molecule has 19 heavy (non-hydrogen) atoms. The summed E-state index contributed by atoms with van der Waals surface area (Å²) >= 11 is 0. The van der Waals surface area contributed by atoms with Gasteiger partial charge in [-0.1, -0.05) is 36.4 Å². The van der Waals surface area contributed by atoms with Gasteiger partial charge in [0.05, 0.1) is 17.4 Å². The number of aryl methyl sites for hydroxylation is 1. The lowest BCUT2D eigenvalue weighted by Gasteiger charge is -2.06. The van der Waals surface area contributed by atoms with Gasteiger partial charge in [0.2, 0.25) is 0 Å². The van der Waals surface area contributed by atoms with E-state index in [1.54, 1.807) is 4.57 Å². The van der Waals surface area contributed by atoms with E-state index in [0.717, 1.165) is 27.9 Å². The summed E-state index contributed by atoms with van der Waals surface area (Å²) in [7, 11) is 0. The molecule has 0 radical (unpaired) electrons. The Balaban J connectivity index is 2.17. The average molecular weight is 248 g/mol. The zero-order chi connectivity index (χ0) is 13.0. The Hall–Kier alpha value is -2.42. The number of benzene rings is 2. The van der Waals surface area contributed by atoms with Gasteiger partial charge in [-0.2, -0.15) is 0 Å². The Morgan fingerprint density at radius 1 is 1.11 bits per heavy atom. The van der Waals surface area contributed by atoms with E-state index in [0.29, 0.717) is 6.54 Å². The predicted octanol–water partition coefficient (Wildman–Crippen LogP) is 2.73. The molecule has 2 aromatic carbocycles. The molecule has 0 bridgehead atoms. The van der Waals surface area contributed by atoms with Crippen molar-refractivity contribution in [2.45, 2.75) is 13.5 Å². The van der Waals surface area contributed by atoms with Crippen LogP contribution >= 0.6 is 0 Å². The summed E-state index contributed by atoms with van der Waals surface area (Å²) in [6.07, 6.45) is 0. The molecular formula is C16H12N2O. The summed E-state index contributed by atoms with van der Waals surface area (Å²) in [5.74, 6) is 0.790. The first-order valence-electron chi connectivity index (χ1n) is 6.34. The first-order chi connectivity index (χ1) is 9.25. The molecule has 0 saturated heterocycles. The smallest absolute Gasteiger partial charge is 0.262 e. The average Bonchev–Trinajstić information content (AvgIpc) is 2.78. The van der Waals surface area contributed by atoms with E-state index in [4.69, 9.17) is 0 Å². The van der Waals surface area contributed by atoms with Crippen LogP contribution in [0.1, 0.15) is 11.1 Å². The summed E-state index contributed by atoms with van der Waals surface area (Å²) in [6.45, 7) is 2.59. The molecule has 1 aliphatic rings. The highest BCUT2D eigenvalue weighted by Crippen LogP contribution is 2.29. The van der Waals surface area contributed by atoms with Crippen molar-refractivity contribution in [1.29, 1.82) is 0 Å². The fraction of sp³-hybridized carbons (Fsp3) is 0.125. The maximum Gasteiger partial charge on any atom is 0.262 e. The van der Waals surface area contributed by atoms with Crippen LogP contribution in [-0.4, -0.2) is 9.55 Å².